The fraction of sp³-hybridized carbons (Fsp3) is 0.429. The van der Waals surface area contributed by atoms with Gasteiger partial charge in [-0.15, -0.1) is 0 Å². The monoisotopic (exact) mass is 280 g/mol. The van der Waals surface area contributed by atoms with Gasteiger partial charge in [-0.25, -0.2) is 9.59 Å². The summed E-state index contributed by atoms with van der Waals surface area (Å²) in [6.07, 6.45) is -0.992. The molecule has 1 rings (SSSR count). The molecule has 110 valence electrons. The number of hydrogen-bond donors (Lipinski definition) is 1. The third kappa shape index (κ3) is 5.60. The van der Waals surface area contributed by atoms with E-state index in [2.05, 4.69) is 5.32 Å². The summed E-state index contributed by atoms with van der Waals surface area (Å²) >= 11 is 0. The van der Waals surface area contributed by atoms with Gasteiger partial charge in [-0.2, -0.15) is 0 Å². The third-order valence-corrected chi connectivity index (χ3v) is 2.07. The number of hydrogen-bond acceptors (Lipinski definition) is 4. The molecule has 0 spiro atoms. The number of ether oxygens (including phenoxy) is 2. The van der Waals surface area contributed by atoms with Gasteiger partial charge in [0.2, 0.25) is 0 Å². The van der Waals surface area contributed by atoms with Gasteiger partial charge in [-0.3, -0.25) is 5.32 Å². The molecule has 0 aliphatic rings. The van der Waals surface area contributed by atoms with E-state index in [-0.39, 0.29) is 0 Å². The average molecular weight is 280 g/mol. The lowest BCUT2D eigenvalue weighted by atomic mass is 10.2. The number of carbonyl (C=O) groups excluding carboxylic acids is 2. The van der Waals surface area contributed by atoms with Crippen molar-refractivity contribution in [3.8, 4) is 5.75 Å². The highest BCUT2D eigenvalue weighted by atomic mass is 16.6. The van der Waals surface area contributed by atoms with E-state index in [1.165, 1.54) is 4.90 Å². The Kier molecular flexibility index (Phi) is 4.96. The van der Waals surface area contributed by atoms with Crippen LogP contribution in [0.3, 0.4) is 0 Å². The molecule has 2 amide bonds. The quantitative estimate of drug-likeness (QED) is 0.903. The van der Waals surface area contributed by atoms with Crippen LogP contribution >= 0.6 is 0 Å². The highest BCUT2D eigenvalue weighted by Crippen LogP contribution is 2.17. The Bertz CT molecular complexity index is 475. The zero-order valence-corrected chi connectivity index (χ0v) is 12.4. The molecule has 0 saturated heterocycles. The normalized spacial score (nSPS) is 10.7. The van der Waals surface area contributed by atoms with Crippen LogP contribution in [0.4, 0.5) is 15.3 Å². The fourth-order valence-corrected chi connectivity index (χ4v) is 1.22. The van der Waals surface area contributed by atoms with Crippen LogP contribution in [0.25, 0.3) is 0 Å². The van der Waals surface area contributed by atoms with E-state index >= 15 is 0 Å². The zero-order chi connectivity index (χ0) is 15.3. The van der Waals surface area contributed by atoms with Gasteiger partial charge >= 0.3 is 12.2 Å². The maximum Gasteiger partial charge on any atom is 0.414 e. The smallest absolute Gasteiger partial charge is 0.414 e. The summed E-state index contributed by atoms with van der Waals surface area (Å²) in [6, 6.07) is 6.44. The second-order valence-corrected chi connectivity index (χ2v) is 5.41. The molecule has 0 aliphatic carbocycles. The summed E-state index contributed by atoms with van der Waals surface area (Å²) in [5, 5.41) is 2.59. The van der Waals surface area contributed by atoms with Gasteiger partial charge in [-0.05, 0) is 45.0 Å². The molecule has 6 heteroatoms. The molecule has 1 N–H and O–H groups in total. The molecule has 0 radical (unpaired) electrons. The Morgan fingerprint density at radius 1 is 1.10 bits per heavy atom. The number of rotatable bonds is 2. The summed E-state index contributed by atoms with van der Waals surface area (Å²) in [4.78, 5) is 24.2. The van der Waals surface area contributed by atoms with Gasteiger partial charge < -0.3 is 14.4 Å². The maximum absolute atomic E-state index is 11.6. The Morgan fingerprint density at radius 3 is 2.10 bits per heavy atom. The first-order valence-corrected chi connectivity index (χ1v) is 6.16. The second kappa shape index (κ2) is 6.27. The van der Waals surface area contributed by atoms with Crippen LogP contribution < -0.4 is 10.1 Å². The van der Waals surface area contributed by atoms with Crippen molar-refractivity contribution < 1.29 is 19.1 Å². The molecule has 0 unspecified atom stereocenters. The van der Waals surface area contributed by atoms with Crippen LogP contribution in [0.15, 0.2) is 24.3 Å². The van der Waals surface area contributed by atoms with Crippen LogP contribution in [-0.2, 0) is 4.74 Å². The summed E-state index contributed by atoms with van der Waals surface area (Å²) in [6.45, 7) is 5.36. The minimum atomic E-state index is -0.550. The van der Waals surface area contributed by atoms with Gasteiger partial charge in [-0.1, -0.05) is 0 Å². The number of amides is 2. The predicted molar refractivity (Wildman–Crippen MR) is 76.0 cm³/mol. The minimum Gasteiger partial charge on any atom is -0.444 e. The van der Waals surface area contributed by atoms with Crippen LogP contribution in [0.2, 0.25) is 0 Å². The van der Waals surface area contributed by atoms with E-state index in [1.807, 2.05) is 0 Å². The Hall–Kier alpha value is -2.24. The van der Waals surface area contributed by atoms with Crippen molar-refractivity contribution in [1.82, 2.24) is 4.90 Å². The molecule has 0 aromatic heterocycles. The summed E-state index contributed by atoms with van der Waals surface area (Å²) in [5.41, 5.74) is 0.00884. The highest BCUT2D eigenvalue weighted by molar-refractivity contribution is 5.85. The molecule has 0 atom stereocenters. The molecule has 1 aromatic rings. The summed E-state index contributed by atoms with van der Waals surface area (Å²) in [5.74, 6) is 0.401. The fourth-order valence-electron chi connectivity index (χ4n) is 1.22. The van der Waals surface area contributed by atoms with Crippen molar-refractivity contribution in [2.75, 3.05) is 19.4 Å². The lowest BCUT2D eigenvalue weighted by Gasteiger charge is -2.19. The van der Waals surface area contributed by atoms with Crippen molar-refractivity contribution in [3.63, 3.8) is 0 Å². The van der Waals surface area contributed by atoms with Crippen LogP contribution in [0.1, 0.15) is 20.8 Å². The number of anilines is 1. The first-order valence-electron chi connectivity index (χ1n) is 6.16. The average Bonchev–Trinajstić information content (AvgIpc) is 2.28. The topological polar surface area (TPSA) is 67.9 Å². The third-order valence-electron chi connectivity index (χ3n) is 2.07. The van der Waals surface area contributed by atoms with Gasteiger partial charge in [0.05, 0.1) is 0 Å². The lowest BCUT2D eigenvalue weighted by Crippen LogP contribution is -2.27. The van der Waals surface area contributed by atoms with Crippen LogP contribution in [-0.4, -0.2) is 36.8 Å². The van der Waals surface area contributed by atoms with Crippen LogP contribution in [0, 0.1) is 0 Å². The van der Waals surface area contributed by atoms with Crippen LogP contribution in [0.5, 0.6) is 5.75 Å². The van der Waals surface area contributed by atoms with Gasteiger partial charge in [0.1, 0.15) is 11.4 Å². The van der Waals surface area contributed by atoms with E-state index < -0.39 is 17.8 Å². The number of nitrogens with one attached hydrogen (secondary N) is 1. The van der Waals surface area contributed by atoms with E-state index in [1.54, 1.807) is 59.1 Å². The van der Waals surface area contributed by atoms with E-state index in [4.69, 9.17) is 9.47 Å². The van der Waals surface area contributed by atoms with E-state index in [9.17, 15) is 9.59 Å². The molecule has 6 nitrogen and oxygen atoms in total. The highest BCUT2D eigenvalue weighted by Gasteiger charge is 2.16. The van der Waals surface area contributed by atoms with Gasteiger partial charge in [0, 0.05) is 19.8 Å². The molecule has 20 heavy (non-hydrogen) atoms. The maximum atomic E-state index is 11.6. The molecule has 0 saturated carbocycles. The minimum absolute atomic E-state index is 0.401. The SMILES string of the molecule is CN(C)C(=O)Oc1ccc(NC(=O)OC(C)(C)C)cc1. The largest absolute Gasteiger partial charge is 0.444 e. The first-order chi connectivity index (χ1) is 9.17. The molecular weight excluding hydrogens is 260 g/mol. The van der Waals surface area contributed by atoms with Crippen molar-refractivity contribution in [3.05, 3.63) is 24.3 Å². The predicted octanol–water partition coefficient (Wildman–Crippen LogP) is 3.09. The van der Waals surface area contributed by atoms with E-state index in [0.717, 1.165) is 0 Å². The standard InChI is InChI=1S/C14H20N2O4/c1-14(2,3)20-12(17)15-10-6-8-11(9-7-10)19-13(18)16(4)5/h6-9H,1-5H3,(H,15,17). The zero-order valence-electron chi connectivity index (χ0n) is 12.4. The lowest BCUT2D eigenvalue weighted by molar-refractivity contribution is 0.0636. The summed E-state index contributed by atoms with van der Waals surface area (Å²) in [7, 11) is 3.20. The Labute approximate surface area is 118 Å². The molecular formula is C14H20N2O4. The van der Waals surface area contributed by atoms with Crippen molar-refractivity contribution in [2.45, 2.75) is 26.4 Å². The number of benzene rings is 1. The molecule has 0 bridgehead atoms. The number of carbonyl (C=O) groups is 2. The molecule has 0 heterocycles. The van der Waals surface area contributed by atoms with Crippen molar-refractivity contribution in [1.29, 1.82) is 0 Å². The van der Waals surface area contributed by atoms with Crippen molar-refractivity contribution >= 4 is 17.9 Å². The number of nitrogens with zero attached hydrogens (tertiary/aromatic N) is 1. The Balaban J connectivity index is 2.59. The van der Waals surface area contributed by atoms with Gasteiger partial charge in [0.15, 0.2) is 0 Å². The van der Waals surface area contributed by atoms with E-state index in [0.29, 0.717) is 11.4 Å². The van der Waals surface area contributed by atoms with Crippen molar-refractivity contribution in [2.24, 2.45) is 0 Å². The summed E-state index contributed by atoms with van der Waals surface area (Å²) < 4.78 is 10.2. The first kappa shape index (κ1) is 15.8. The molecule has 0 fully saturated rings. The second-order valence-electron chi connectivity index (χ2n) is 5.41. The van der Waals surface area contributed by atoms with Gasteiger partial charge in [0.25, 0.3) is 0 Å². The molecule has 0 aliphatic heterocycles. The Morgan fingerprint density at radius 2 is 1.65 bits per heavy atom. The molecule has 1 aromatic carbocycles.